The molecule has 0 spiro atoms. The van der Waals surface area contributed by atoms with Crippen molar-refractivity contribution in [3.63, 3.8) is 0 Å². The lowest BCUT2D eigenvalue weighted by molar-refractivity contribution is 0.341. The first kappa shape index (κ1) is 21.6. The van der Waals surface area contributed by atoms with Crippen molar-refractivity contribution in [3.05, 3.63) is 48.4 Å². The van der Waals surface area contributed by atoms with Gasteiger partial charge in [-0.05, 0) is 61.8 Å². The van der Waals surface area contributed by atoms with E-state index in [1.165, 1.54) is 0 Å². The fourth-order valence-electron chi connectivity index (χ4n) is 4.52. The van der Waals surface area contributed by atoms with Gasteiger partial charge in [-0.2, -0.15) is 0 Å². The summed E-state index contributed by atoms with van der Waals surface area (Å²) in [7, 11) is 0.624. The summed E-state index contributed by atoms with van der Waals surface area (Å²) in [5.41, 5.74) is 1.86. The van der Waals surface area contributed by atoms with Crippen molar-refractivity contribution < 1.29 is 13.2 Å². The quantitative estimate of drug-likeness (QED) is 0.573. The maximum atomic E-state index is 12.7. The fraction of sp³-hybridized carbons (Fsp3) is 0.478. The van der Waals surface area contributed by atoms with Crippen molar-refractivity contribution in [2.75, 3.05) is 30.6 Å². The van der Waals surface area contributed by atoms with E-state index >= 15 is 0 Å². The summed E-state index contributed by atoms with van der Waals surface area (Å²) in [6.45, 7) is 0. The Balaban J connectivity index is 1.29. The van der Waals surface area contributed by atoms with Crippen molar-refractivity contribution in [3.8, 4) is 5.75 Å². The molecule has 0 atom stereocenters. The van der Waals surface area contributed by atoms with E-state index in [1.807, 2.05) is 36.5 Å². The monoisotopic (exact) mass is 442 g/mol. The van der Waals surface area contributed by atoms with Crippen LogP contribution in [0.5, 0.6) is 5.75 Å². The summed E-state index contributed by atoms with van der Waals surface area (Å²) >= 11 is 0. The third-order valence-corrected chi connectivity index (χ3v) is 8.19. The molecule has 0 aliphatic heterocycles. The van der Waals surface area contributed by atoms with E-state index < -0.39 is 9.84 Å². The van der Waals surface area contributed by atoms with Crippen LogP contribution in [0.3, 0.4) is 0 Å². The number of benzene rings is 1. The second-order valence-corrected chi connectivity index (χ2v) is 10.7. The number of nitrogens with one attached hydrogen (secondary N) is 1. The van der Waals surface area contributed by atoms with Crippen molar-refractivity contribution >= 4 is 26.7 Å². The van der Waals surface area contributed by atoms with Gasteiger partial charge in [-0.15, -0.1) is 0 Å². The Labute approximate surface area is 183 Å². The van der Waals surface area contributed by atoms with Gasteiger partial charge in [0.1, 0.15) is 23.5 Å². The van der Waals surface area contributed by atoms with Crippen LogP contribution in [0.1, 0.15) is 31.2 Å². The summed E-state index contributed by atoms with van der Waals surface area (Å²) in [4.78, 5) is 14.1. The van der Waals surface area contributed by atoms with Crippen LogP contribution < -0.4 is 9.64 Å². The van der Waals surface area contributed by atoms with E-state index in [4.69, 9.17) is 4.74 Å². The smallest absolute Gasteiger partial charge is 0.150 e. The molecule has 1 aliphatic carbocycles. The number of anilines is 1. The van der Waals surface area contributed by atoms with Gasteiger partial charge in [0.15, 0.2) is 9.84 Å². The number of ether oxygens (including phenoxy) is 1. The Bertz CT molecular complexity index is 1100. The Hall–Kier alpha value is -2.61. The number of H-pyrrole nitrogens is 1. The third kappa shape index (κ3) is 5.18. The molecule has 31 heavy (non-hydrogen) atoms. The Morgan fingerprint density at radius 3 is 2.55 bits per heavy atom. The highest BCUT2D eigenvalue weighted by Crippen LogP contribution is 2.32. The molecule has 2 aromatic heterocycles. The molecule has 0 bridgehead atoms. The normalized spacial score (nSPS) is 19.4. The lowest BCUT2D eigenvalue weighted by Crippen LogP contribution is -2.37. The summed E-state index contributed by atoms with van der Waals surface area (Å²) in [5.74, 6) is 2.44. The predicted octanol–water partition coefficient (Wildman–Crippen LogP) is 3.62. The molecule has 1 aliphatic rings. The van der Waals surface area contributed by atoms with Crippen molar-refractivity contribution in [1.82, 2.24) is 15.0 Å². The van der Waals surface area contributed by atoms with Crippen LogP contribution in [0.4, 0.5) is 5.82 Å². The lowest BCUT2D eigenvalue weighted by atomic mass is 9.86. The van der Waals surface area contributed by atoms with Gasteiger partial charge in [0, 0.05) is 19.3 Å². The highest BCUT2D eigenvalue weighted by atomic mass is 32.2. The molecule has 2 heterocycles. The van der Waals surface area contributed by atoms with Gasteiger partial charge in [-0.3, -0.25) is 0 Å². The molecule has 0 amide bonds. The van der Waals surface area contributed by atoms with Crippen molar-refractivity contribution in [2.45, 2.75) is 38.1 Å². The van der Waals surface area contributed by atoms with Crippen LogP contribution in [0.25, 0.3) is 11.0 Å². The maximum Gasteiger partial charge on any atom is 0.150 e. The molecular formula is C23H30N4O3S. The van der Waals surface area contributed by atoms with Crippen LogP contribution >= 0.6 is 0 Å². The number of methoxy groups -OCH3 is 1. The Morgan fingerprint density at radius 1 is 1.10 bits per heavy atom. The first-order chi connectivity index (χ1) is 14.9. The number of aromatic nitrogens is 3. The number of nitrogens with zero attached hydrogens (tertiary/aromatic N) is 3. The minimum absolute atomic E-state index is 0.200. The molecule has 1 fully saturated rings. The average molecular weight is 443 g/mol. The number of rotatable bonds is 8. The Morgan fingerprint density at radius 2 is 1.84 bits per heavy atom. The molecular weight excluding hydrogens is 412 g/mol. The number of sulfone groups is 1. The summed E-state index contributed by atoms with van der Waals surface area (Å²) in [6.07, 6.45) is 7.83. The van der Waals surface area contributed by atoms with E-state index in [2.05, 4.69) is 26.9 Å². The fourth-order valence-corrected chi connectivity index (χ4v) is 6.28. The Kier molecular flexibility index (Phi) is 6.46. The summed E-state index contributed by atoms with van der Waals surface area (Å²) < 4.78 is 30.5. The molecule has 8 heteroatoms. The molecule has 1 saturated carbocycles. The van der Waals surface area contributed by atoms with Crippen LogP contribution in [0, 0.1) is 5.92 Å². The molecule has 7 nitrogen and oxygen atoms in total. The van der Waals surface area contributed by atoms with Crippen LogP contribution in [-0.2, 0) is 16.3 Å². The summed E-state index contributed by atoms with van der Waals surface area (Å²) in [5, 5.41) is 1.02. The first-order valence-electron chi connectivity index (χ1n) is 10.8. The van der Waals surface area contributed by atoms with Gasteiger partial charge in [0.2, 0.25) is 0 Å². The standard InChI is InChI=1S/C23H30N4O3S/c1-27(23-21-11-13-24-22(21)25-16-26-23)19-7-3-18(4-8-19)15-31(28,29)14-12-17-5-9-20(30-2)10-6-17/h5-6,9-11,13,16,18-19H,3-4,7-8,12,14-15H2,1-2H3,(H,24,25,26). The number of aromatic amines is 1. The molecule has 4 rings (SSSR count). The molecule has 166 valence electrons. The van der Waals surface area contributed by atoms with E-state index in [-0.39, 0.29) is 17.4 Å². The molecule has 3 aromatic rings. The molecule has 1 N–H and O–H groups in total. The zero-order valence-corrected chi connectivity index (χ0v) is 18.9. The van der Waals surface area contributed by atoms with Gasteiger partial charge >= 0.3 is 0 Å². The zero-order chi connectivity index (χ0) is 21.8. The predicted molar refractivity (Wildman–Crippen MR) is 123 cm³/mol. The molecule has 0 saturated heterocycles. The topological polar surface area (TPSA) is 88.2 Å². The number of hydrogen-bond acceptors (Lipinski definition) is 6. The number of aryl methyl sites for hydroxylation is 1. The summed E-state index contributed by atoms with van der Waals surface area (Å²) in [6, 6.07) is 9.99. The van der Waals surface area contributed by atoms with Crippen LogP contribution in [-0.4, -0.2) is 55.1 Å². The SMILES string of the molecule is COc1ccc(CCS(=O)(=O)CC2CCC(N(C)c3ncnc4[nH]ccc34)CC2)cc1. The lowest BCUT2D eigenvalue weighted by Gasteiger charge is -2.35. The molecule has 0 unspecified atom stereocenters. The van der Waals surface area contributed by atoms with E-state index in [1.54, 1.807) is 13.4 Å². The second-order valence-electron chi connectivity index (χ2n) is 8.44. The maximum absolute atomic E-state index is 12.7. The number of hydrogen-bond donors (Lipinski definition) is 1. The van der Waals surface area contributed by atoms with Gasteiger partial charge in [0.05, 0.1) is 24.0 Å². The molecule has 1 aromatic carbocycles. The third-order valence-electron chi connectivity index (χ3n) is 6.38. The highest BCUT2D eigenvalue weighted by molar-refractivity contribution is 7.91. The number of fused-ring (bicyclic) bond motifs is 1. The van der Waals surface area contributed by atoms with Gasteiger partial charge < -0.3 is 14.6 Å². The van der Waals surface area contributed by atoms with E-state index in [0.29, 0.717) is 12.5 Å². The van der Waals surface area contributed by atoms with E-state index in [9.17, 15) is 8.42 Å². The largest absolute Gasteiger partial charge is 0.497 e. The average Bonchev–Trinajstić information content (AvgIpc) is 3.27. The van der Waals surface area contributed by atoms with E-state index in [0.717, 1.165) is 53.8 Å². The second kappa shape index (κ2) is 9.26. The van der Waals surface area contributed by atoms with Crippen LogP contribution in [0.2, 0.25) is 0 Å². The highest BCUT2D eigenvalue weighted by Gasteiger charge is 2.28. The van der Waals surface area contributed by atoms with Gasteiger partial charge in [-0.1, -0.05) is 12.1 Å². The zero-order valence-electron chi connectivity index (χ0n) is 18.1. The van der Waals surface area contributed by atoms with Crippen LogP contribution in [0.15, 0.2) is 42.9 Å². The molecule has 0 radical (unpaired) electrons. The minimum Gasteiger partial charge on any atom is -0.497 e. The van der Waals surface area contributed by atoms with Crippen molar-refractivity contribution in [1.29, 1.82) is 0 Å². The van der Waals surface area contributed by atoms with Gasteiger partial charge in [0.25, 0.3) is 0 Å². The van der Waals surface area contributed by atoms with Gasteiger partial charge in [-0.25, -0.2) is 18.4 Å². The first-order valence-corrected chi connectivity index (χ1v) is 12.6. The minimum atomic E-state index is -3.08. The van der Waals surface area contributed by atoms with Crippen molar-refractivity contribution in [2.24, 2.45) is 5.92 Å².